The fourth-order valence-electron chi connectivity index (χ4n) is 1.22. The van der Waals surface area contributed by atoms with Crippen molar-refractivity contribution in [2.45, 2.75) is 33.3 Å². The lowest BCUT2D eigenvalue weighted by molar-refractivity contribution is -0.134. The lowest BCUT2D eigenvalue weighted by atomic mass is 9.85. The highest BCUT2D eigenvalue weighted by Gasteiger charge is 2.29. The number of carbonyl (C=O) groups is 1. The SMILES string of the molecule is C=CCC(=O)C(OC)C(C)(C)C. The van der Waals surface area contributed by atoms with Gasteiger partial charge in [-0.1, -0.05) is 26.8 Å². The van der Waals surface area contributed by atoms with E-state index in [1.807, 2.05) is 20.8 Å². The van der Waals surface area contributed by atoms with Crippen LogP contribution in [-0.2, 0) is 9.53 Å². The second kappa shape index (κ2) is 4.41. The number of hydrogen-bond donors (Lipinski definition) is 0. The van der Waals surface area contributed by atoms with Crippen LogP contribution in [0.3, 0.4) is 0 Å². The highest BCUT2D eigenvalue weighted by atomic mass is 16.5. The Labute approximate surface area is 74.6 Å². The van der Waals surface area contributed by atoms with Crippen LogP contribution in [0, 0.1) is 5.41 Å². The summed E-state index contributed by atoms with van der Waals surface area (Å²) in [6.07, 6.45) is 1.67. The molecule has 0 aromatic carbocycles. The molecule has 0 aromatic heterocycles. The summed E-state index contributed by atoms with van der Waals surface area (Å²) in [5, 5.41) is 0. The summed E-state index contributed by atoms with van der Waals surface area (Å²) in [6.45, 7) is 9.49. The largest absolute Gasteiger partial charge is 0.373 e. The van der Waals surface area contributed by atoms with Crippen molar-refractivity contribution in [3.8, 4) is 0 Å². The van der Waals surface area contributed by atoms with Crippen molar-refractivity contribution in [3.05, 3.63) is 12.7 Å². The van der Waals surface area contributed by atoms with E-state index in [0.717, 1.165) is 0 Å². The van der Waals surface area contributed by atoms with E-state index in [1.165, 1.54) is 0 Å². The minimum absolute atomic E-state index is 0.0972. The maximum Gasteiger partial charge on any atom is 0.165 e. The van der Waals surface area contributed by atoms with Crippen LogP contribution >= 0.6 is 0 Å². The standard InChI is InChI=1S/C10H18O2/c1-6-7-8(11)9(12-5)10(2,3)4/h6,9H,1,7H2,2-5H3. The van der Waals surface area contributed by atoms with Crippen LogP contribution < -0.4 is 0 Å². The maximum absolute atomic E-state index is 11.4. The fourth-order valence-corrected chi connectivity index (χ4v) is 1.22. The van der Waals surface area contributed by atoms with Crippen molar-refractivity contribution >= 4 is 5.78 Å². The van der Waals surface area contributed by atoms with E-state index in [4.69, 9.17) is 4.74 Å². The van der Waals surface area contributed by atoms with Crippen molar-refractivity contribution < 1.29 is 9.53 Å². The molecular weight excluding hydrogens is 152 g/mol. The van der Waals surface area contributed by atoms with E-state index in [1.54, 1.807) is 13.2 Å². The second-order valence-corrected chi connectivity index (χ2v) is 3.94. The van der Waals surface area contributed by atoms with Gasteiger partial charge >= 0.3 is 0 Å². The van der Waals surface area contributed by atoms with Crippen LogP contribution in [0.15, 0.2) is 12.7 Å². The molecule has 0 heterocycles. The molecule has 2 nitrogen and oxygen atoms in total. The van der Waals surface area contributed by atoms with E-state index in [9.17, 15) is 4.79 Å². The molecule has 0 aliphatic carbocycles. The summed E-state index contributed by atoms with van der Waals surface area (Å²) in [5.74, 6) is 0.0972. The van der Waals surface area contributed by atoms with Gasteiger partial charge in [-0.05, 0) is 5.41 Å². The number of allylic oxidation sites excluding steroid dienone is 1. The average Bonchev–Trinajstić information content (AvgIpc) is 1.85. The maximum atomic E-state index is 11.4. The van der Waals surface area contributed by atoms with Gasteiger partial charge in [-0.2, -0.15) is 0 Å². The minimum Gasteiger partial charge on any atom is -0.373 e. The van der Waals surface area contributed by atoms with Crippen LogP contribution in [0.1, 0.15) is 27.2 Å². The first kappa shape index (κ1) is 11.4. The summed E-state index contributed by atoms with van der Waals surface area (Å²) in [6, 6.07) is 0. The van der Waals surface area contributed by atoms with Gasteiger partial charge in [0, 0.05) is 13.5 Å². The van der Waals surface area contributed by atoms with Gasteiger partial charge in [0.05, 0.1) is 0 Å². The Balaban J connectivity index is 4.34. The summed E-state index contributed by atoms with van der Waals surface area (Å²) in [5.41, 5.74) is -0.130. The van der Waals surface area contributed by atoms with Gasteiger partial charge in [0.15, 0.2) is 5.78 Å². The molecule has 0 saturated heterocycles. The number of methoxy groups -OCH3 is 1. The molecule has 0 fully saturated rings. The molecule has 2 heteroatoms. The van der Waals surface area contributed by atoms with Crippen LogP contribution in [0.5, 0.6) is 0 Å². The Morgan fingerprint density at radius 1 is 1.58 bits per heavy atom. The molecule has 0 bridgehead atoms. The summed E-state index contributed by atoms with van der Waals surface area (Å²) in [4.78, 5) is 11.4. The monoisotopic (exact) mass is 170 g/mol. The molecule has 70 valence electrons. The van der Waals surface area contributed by atoms with Crippen LogP contribution in [0.4, 0.5) is 0 Å². The first-order valence-electron chi connectivity index (χ1n) is 4.10. The Morgan fingerprint density at radius 3 is 2.33 bits per heavy atom. The lowest BCUT2D eigenvalue weighted by Gasteiger charge is -2.27. The van der Waals surface area contributed by atoms with Crippen molar-refractivity contribution in [1.29, 1.82) is 0 Å². The van der Waals surface area contributed by atoms with E-state index in [-0.39, 0.29) is 17.3 Å². The third-order valence-corrected chi connectivity index (χ3v) is 1.66. The Morgan fingerprint density at radius 2 is 2.08 bits per heavy atom. The second-order valence-electron chi connectivity index (χ2n) is 3.94. The summed E-state index contributed by atoms with van der Waals surface area (Å²) < 4.78 is 5.13. The van der Waals surface area contributed by atoms with E-state index < -0.39 is 0 Å². The number of hydrogen-bond acceptors (Lipinski definition) is 2. The number of rotatable bonds is 4. The fraction of sp³-hybridized carbons (Fsp3) is 0.700. The molecule has 1 atom stereocenters. The van der Waals surface area contributed by atoms with Crippen molar-refractivity contribution in [2.75, 3.05) is 7.11 Å². The van der Waals surface area contributed by atoms with Crippen molar-refractivity contribution in [2.24, 2.45) is 5.41 Å². The minimum atomic E-state index is -0.324. The highest BCUT2D eigenvalue weighted by molar-refractivity contribution is 5.85. The molecule has 0 amide bonds. The first-order chi connectivity index (χ1) is 5.43. The smallest absolute Gasteiger partial charge is 0.165 e. The zero-order valence-corrected chi connectivity index (χ0v) is 8.39. The van der Waals surface area contributed by atoms with Crippen molar-refractivity contribution in [1.82, 2.24) is 0 Å². The van der Waals surface area contributed by atoms with Gasteiger partial charge in [-0.15, -0.1) is 6.58 Å². The number of Topliss-reactive ketones (excluding diaryl/α,β-unsaturated/α-hetero) is 1. The molecule has 0 rings (SSSR count). The molecule has 0 spiro atoms. The molecule has 0 aliphatic heterocycles. The molecule has 0 N–H and O–H groups in total. The zero-order chi connectivity index (χ0) is 9.78. The van der Waals surface area contributed by atoms with E-state index in [2.05, 4.69) is 6.58 Å². The van der Waals surface area contributed by atoms with Gasteiger partial charge in [-0.25, -0.2) is 0 Å². The molecule has 0 aromatic rings. The summed E-state index contributed by atoms with van der Waals surface area (Å²) in [7, 11) is 1.57. The molecule has 12 heavy (non-hydrogen) atoms. The lowest BCUT2D eigenvalue weighted by Crippen LogP contribution is -2.35. The summed E-state index contributed by atoms with van der Waals surface area (Å²) >= 11 is 0. The molecule has 0 aliphatic rings. The molecule has 0 radical (unpaired) electrons. The quantitative estimate of drug-likeness (QED) is 0.604. The number of carbonyl (C=O) groups excluding carboxylic acids is 1. The Hall–Kier alpha value is -0.630. The van der Waals surface area contributed by atoms with Gasteiger partial charge in [-0.3, -0.25) is 4.79 Å². The molecular formula is C10H18O2. The third kappa shape index (κ3) is 3.18. The average molecular weight is 170 g/mol. The molecule has 1 unspecified atom stereocenters. The van der Waals surface area contributed by atoms with Crippen LogP contribution in [0.25, 0.3) is 0 Å². The van der Waals surface area contributed by atoms with E-state index >= 15 is 0 Å². The topological polar surface area (TPSA) is 26.3 Å². The predicted molar refractivity (Wildman–Crippen MR) is 50.1 cm³/mol. The number of ether oxygens (including phenoxy) is 1. The van der Waals surface area contributed by atoms with Gasteiger partial charge in [0.25, 0.3) is 0 Å². The highest BCUT2D eigenvalue weighted by Crippen LogP contribution is 2.23. The van der Waals surface area contributed by atoms with E-state index in [0.29, 0.717) is 6.42 Å². The first-order valence-corrected chi connectivity index (χ1v) is 4.10. The molecule has 0 saturated carbocycles. The normalized spacial score (nSPS) is 14.0. The third-order valence-electron chi connectivity index (χ3n) is 1.66. The van der Waals surface area contributed by atoms with Crippen molar-refractivity contribution in [3.63, 3.8) is 0 Å². The van der Waals surface area contributed by atoms with Gasteiger partial charge < -0.3 is 4.74 Å². The zero-order valence-electron chi connectivity index (χ0n) is 8.39. The number of ketones is 1. The van der Waals surface area contributed by atoms with Crippen LogP contribution in [0.2, 0.25) is 0 Å². The Bertz CT molecular complexity index is 165. The Kier molecular flexibility index (Phi) is 4.18. The van der Waals surface area contributed by atoms with Gasteiger partial charge in [0.2, 0.25) is 0 Å². The predicted octanol–water partition coefficient (Wildman–Crippen LogP) is 2.19. The van der Waals surface area contributed by atoms with Gasteiger partial charge in [0.1, 0.15) is 6.10 Å². The van der Waals surface area contributed by atoms with Crippen LogP contribution in [-0.4, -0.2) is 19.0 Å².